The zero-order chi connectivity index (χ0) is 53.0. The smallest absolute Gasteiger partial charge is 0.322 e. The van der Waals surface area contributed by atoms with E-state index in [1.54, 1.807) is 0 Å². The average Bonchev–Trinajstić information content (AvgIpc) is 3.65. The van der Waals surface area contributed by atoms with Gasteiger partial charge in [0.2, 0.25) is 0 Å². The topological polar surface area (TPSA) is 241 Å². The van der Waals surface area contributed by atoms with E-state index in [2.05, 4.69) is 39.9 Å². The maximum absolute atomic E-state index is 13.4. The van der Waals surface area contributed by atoms with E-state index in [0.717, 1.165) is 39.5 Å². The van der Waals surface area contributed by atoms with E-state index >= 15 is 0 Å². The van der Waals surface area contributed by atoms with E-state index in [0.29, 0.717) is 25.7 Å². The quantitative estimate of drug-likeness (QED) is 0.0904. The zero-order valence-electron chi connectivity index (χ0n) is 44.5. The summed E-state index contributed by atoms with van der Waals surface area (Å²) in [7, 11) is 2.54. The Labute approximate surface area is 418 Å². The molecule has 1 N–H and O–H groups in total. The molecule has 4 aliphatic carbocycles. The monoisotopic (exact) mass is 1010 g/mol. The fraction of sp³-hybridized carbons (Fsp3) is 0.846. The molecule has 19 nitrogen and oxygen atoms in total. The SMILES string of the molecule is COC(=O)CC[C@H](NCCCC(C)(O[C@H]1O[C@H](COC(C)=O)[C@@H](OC(C)=O)[C@H](OC(C)=O)C1OC(C)=O)C1CC[C@]2(C)[C@@H]1C(OC(C)=O)CC1[C@@]3(C)CC[C@H](OC(C)=O)C(C)(C)C3CC[C@]12C)C(=O)OC. The lowest BCUT2D eigenvalue weighted by Crippen LogP contribution is -2.67. The Bertz CT molecular complexity index is 1990. The zero-order valence-corrected chi connectivity index (χ0v) is 44.5. The normalized spacial score (nSPS) is 36.1. The van der Waals surface area contributed by atoms with Crippen molar-refractivity contribution in [1.29, 1.82) is 0 Å². The molecule has 402 valence electrons. The van der Waals surface area contributed by atoms with Gasteiger partial charge in [-0.2, -0.15) is 0 Å². The molecule has 5 aliphatic rings. The average molecular weight is 1010 g/mol. The number of methoxy groups -OCH3 is 2. The highest BCUT2D eigenvalue weighted by Crippen LogP contribution is 2.76. The second kappa shape index (κ2) is 22.8. The van der Waals surface area contributed by atoms with Crippen LogP contribution in [-0.4, -0.2) is 130 Å². The molecule has 0 aromatic carbocycles. The summed E-state index contributed by atoms with van der Waals surface area (Å²) < 4.78 is 59.0. The van der Waals surface area contributed by atoms with Gasteiger partial charge >= 0.3 is 47.8 Å². The molecule has 1 saturated heterocycles. The number of nitrogens with one attached hydrogen (secondary N) is 1. The predicted molar refractivity (Wildman–Crippen MR) is 251 cm³/mol. The lowest BCUT2D eigenvalue weighted by atomic mass is 9.35. The number of fused-ring (bicyclic) bond motifs is 5. The van der Waals surface area contributed by atoms with Gasteiger partial charge in [0.1, 0.15) is 31.0 Å². The molecular formula is C52H81NO18. The Balaban J connectivity index is 1.62. The van der Waals surface area contributed by atoms with Crippen molar-refractivity contribution in [2.75, 3.05) is 27.4 Å². The van der Waals surface area contributed by atoms with Crippen molar-refractivity contribution in [3.8, 4) is 0 Å². The largest absolute Gasteiger partial charge is 0.469 e. The number of rotatable bonds is 19. The number of esters is 8. The van der Waals surface area contributed by atoms with E-state index < -0.39 is 102 Å². The summed E-state index contributed by atoms with van der Waals surface area (Å²) in [5.74, 6) is -5.07. The molecule has 1 aliphatic heterocycles. The molecule has 1 heterocycles. The molecule has 5 fully saturated rings. The molecule has 0 aromatic heterocycles. The summed E-state index contributed by atoms with van der Waals surface area (Å²) in [5, 5.41) is 3.24. The van der Waals surface area contributed by atoms with Crippen LogP contribution in [-0.2, 0) is 85.7 Å². The highest BCUT2D eigenvalue weighted by Gasteiger charge is 2.73. The van der Waals surface area contributed by atoms with Crippen LogP contribution in [0.3, 0.4) is 0 Å². The van der Waals surface area contributed by atoms with Crippen molar-refractivity contribution in [3.63, 3.8) is 0 Å². The second-order valence-electron chi connectivity index (χ2n) is 22.2. The van der Waals surface area contributed by atoms with Gasteiger partial charge in [-0.05, 0) is 112 Å². The van der Waals surface area contributed by atoms with Crippen LogP contribution in [0, 0.1) is 45.3 Å². The van der Waals surface area contributed by atoms with Crippen molar-refractivity contribution in [2.45, 2.75) is 208 Å². The highest BCUT2D eigenvalue weighted by molar-refractivity contribution is 5.77. The molecule has 71 heavy (non-hydrogen) atoms. The van der Waals surface area contributed by atoms with Gasteiger partial charge < -0.3 is 52.7 Å². The third-order valence-electron chi connectivity index (χ3n) is 17.6. The van der Waals surface area contributed by atoms with Crippen molar-refractivity contribution >= 4 is 47.8 Å². The Morgan fingerprint density at radius 3 is 1.85 bits per heavy atom. The molecule has 6 unspecified atom stereocenters. The molecule has 0 amide bonds. The third-order valence-corrected chi connectivity index (χ3v) is 17.6. The summed E-state index contributed by atoms with van der Waals surface area (Å²) in [6.07, 6.45) is -1.95. The summed E-state index contributed by atoms with van der Waals surface area (Å²) >= 11 is 0. The second-order valence-corrected chi connectivity index (χ2v) is 22.2. The summed E-state index contributed by atoms with van der Waals surface area (Å²) in [5.41, 5.74) is -2.43. The van der Waals surface area contributed by atoms with Crippen LogP contribution >= 0.6 is 0 Å². The van der Waals surface area contributed by atoms with Gasteiger partial charge in [-0.25, -0.2) is 0 Å². The third kappa shape index (κ3) is 12.2. The maximum Gasteiger partial charge on any atom is 0.322 e. The van der Waals surface area contributed by atoms with Gasteiger partial charge in [-0.3, -0.25) is 38.4 Å². The summed E-state index contributed by atoms with van der Waals surface area (Å²) in [6.45, 7) is 20.8. The van der Waals surface area contributed by atoms with Gasteiger partial charge in [0.15, 0.2) is 24.6 Å². The summed E-state index contributed by atoms with van der Waals surface area (Å²) in [6, 6.07) is -0.838. The van der Waals surface area contributed by atoms with Crippen molar-refractivity contribution < 1.29 is 85.7 Å². The van der Waals surface area contributed by atoms with Crippen molar-refractivity contribution in [2.24, 2.45) is 45.3 Å². The minimum Gasteiger partial charge on any atom is -0.469 e. The first kappa shape index (κ1) is 57.5. The van der Waals surface area contributed by atoms with Crippen LogP contribution in [0.2, 0.25) is 0 Å². The molecular weight excluding hydrogens is 927 g/mol. The van der Waals surface area contributed by atoms with Crippen LogP contribution in [0.4, 0.5) is 0 Å². The molecule has 19 heteroatoms. The van der Waals surface area contributed by atoms with E-state index in [1.807, 2.05) is 6.92 Å². The standard InChI is InChI=1S/C52H81NO18/c1-28(54)64-27-37-43(67-31(4)57)44(68-32(5)58)45(69-33(6)59)47(70-37)71-52(12,21-15-25-53-35(46(61)63-14)16-17-41(60)62-13)34-18-23-51(11)42(34)36(65-29(2)55)26-39-49(9)22-20-40(66-30(3)56)48(7,8)38(49)19-24-50(39,51)10/h34-40,42-45,47,53H,15-27H2,1-14H3/t34?,35-,36?,37+,38?,39?,40-,42-,43+,44-,45?,47+,49-,50+,51+,52?/m0/s1. The van der Waals surface area contributed by atoms with Crippen molar-refractivity contribution in [1.82, 2.24) is 5.32 Å². The Morgan fingerprint density at radius 1 is 0.676 bits per heavy atom. The van der Waals surface area contributed by atoms with Gasteiger partial charge in [-0.15, -0.1) is 0 Å². The van der Waals surface area contributed by atoms with E-state index in [-0.39, 0.29) is 77.8 Å². The Hall–Kier alpha value is -4.36. The van der Waals surface area contributed by atoms with Gasteiger partial charge in [-0.1, -0.05) is 34.6 Å². The first-order chi connectivity index (χ1) is 33.1. The number of ether oxygens (including phenoxy) is 10. The number of carbonyl (C=O) groups is 8. The number of carbonyl (C=O) groups excluding carboxylic acids is 8. The first-order valence-electron chi connectivity index (χ1n) is 25.3. The molecule has 4 saturated carbocycles. The fourth-order valence-electron chi connectivity index (χ4n) is 14.5. The number of hydrogen-bond donors (Lipinski definition) is 1. The highest BCUT2D eigenvalue weighted by atomic mass is 16.7. The Kier molecular flexibility index (Phi) is 18.5. The van der Waals surface area contributed by atoms with Gasteiger partial charge in [0.05, 0.1) is 19.8 Å². The van der Waals surface area contributed by atoms with Crippen LogP contribution in [0.1, 0.15) is 154 Å². The minimum atomic E-state index is -1.51. The van der Waals surface area contributed by atoms with Crippen LogP contribution < -0.4 is 5.32 Å². The van der Waals surface area contributed by atoms with Crippen LogP contribution in [0.15, 0.2) is 0 Å². The lowest BCUT2D eigenvalue weighted by Gasteiger charge is -2.70. The molecule has 5 rings (SSSR count). The molecule has 0 bridgehead atoms. The van der Waals surface area contributed by atoms with Crippen LogP contribution in [0.5, 0.6) is 0 Å². The van der Waals surface area contributed by atoms with E-state index in [1.165, 1.54) is 41.9 Å². The van der Waals surface area contributed by atoms with Crippen molar-refractivity contribution in [3.05, 3.63) is 0 Å². The van der Waals surface area contributed by atoms with Crippen LogP contribution in [0.25, 0.3) is 0 Å². The van der Waals surface area contributed by atoms with Gasteiger partial charge in [0, 0.05) is 59.3 Å². The maximum atomic E-state index is 13.4. The van der Waals surface area contributed by atoms with Gasteiger partial charge in [0.25, 0.3) is 0 Å². The summed E-state index contributed by atoms with van der Waals surface area (Å²) in [4.78, 5) is 101. The molecule has 16 atom stereocenters. The predicted octanol–water partition coefficient (Wildman–Crippen LogP) is 5.87. The number of hydrogen-bond acceptors (Lipinski definition) is 19. The minimum absolute atomic E-state index is 0.0311. The molecule has 0 aromatic rings. The van der Waals surface area contributed by atoms with E-state index in [9.17, 15) is 38.4 Å². The Morgan fingerprint density at radius 2 is 1.27 bits per heavy atom. The molecule has 0 radical (unpaired) electrons. The fourth-order valence-corrected chi connectivity index (χ4v) is 14.5. The first-order valence-corrected chi connectivity index (χ1v) is 25.3. The van der Waals surface area contributed by atoms with E-state index in [4.69, 9.17) is 47.4 Å². The lowest BCUT2D eigenvalue weighted by molar-refractivity contribution is -0.339. The molecule has 0 spiro atoms.